The van der Waals surface area contributed by atoms with E-state index in [1.165, 1.54) is 0 Å². The minimum Gasteiger partial charge on any atom is -0.384 e. The van der Waals surface area contributed by atoms with Crippen molar-refractivity contribution in [2.75, 3.05) is 18.4 Å². The van der Waals surface area contributed by atoms with Crippen molar-refractivity contribution in [1.29, 1.82) is 0 Å². The van der Waals surface area contributed by atoms with E-state index in [-0.39, 0.29) is 17.7 Å². The highest BCUT2D eigenvalue weighted by molar-refractivity contribution is 6.30. The van der Waals surface area contributed by atoms with Gasteiger partial charge in [0.2, 0.25) is 11.8 Å². The van der Waals surface area contributed by atoms with Crippen LogP contribution < -0.4 is 16.4 Å². The maximum Gasteiger partial charge on any atom is 0.243 e. The minimum atomic E-state index is -0.434. The minimum absolute atomic E-state index is 0.0190. The highest BCUT2D eigenvalue weighted by Crippen LogP contribution is 2.34. The van der Waals surface area contributed by atoms with Crippen LogP contribution in [0.3, 0.4) is 0 Å². The molecule has 2 aromatic rings. The normalized spacial score (nSPS) is 20.3. The zero-order chi connectivity index (χ0) is 20.4. The molecule has 4 rings (SSSR count). The summed E-state index contributed by atoms with van der Waals surface area (Å²) in [5.41, 5.74) is 9.64. The van der Waals surface area contributed by atoms with Crippen LogP contribution in [0, 0.1) is 0 Å². The number of anilines is 1. The number of carbonyl (C=O) groups excluding carboxylic acids is 2. The smallest absolute Gasteiger partial charge is 0.243 e. The summed E-state index contributed by atoms with van der Waals surface area (Å²) < 4.78 is 0. The fourth-order valence-electron chi connectivity index (χ4n) is 4.27. The van der Waals surface area contributed by atoms with Gasteiger partial charge in [0.15, 0.2) is 0 Å². The molecule has 7 heteroatoms. The Morgan fingerprint density at radius 1 is 1.21 bits per heavy atom. The molecule has 2 unspecified atom stereocenters. The van der Waals surface area contributed by atoms with E-state index in [4.69, 9.17) is 17.3 Å². The Hall–Kier alpha value is -2.57. The molecule has 2 amide bonds. The van der Waals surface area contributed by atoms with Crippen molar-refractivity contribution < 1.29 is 9.59 Å². The number of benzene rings is 2. The van der Waals surface area contributed by atoms with Crippen molar-refractivity contribution in [3.8, 4) is 0 Å². The van der Waals surface area contributed by atoms with Crippen molar-refractivity contribution in [3.63, 3.8) is 0 Å². The molecule has 0 radical (unpaired) electrons. The van der Waals surface area contributed by atoms with E-state index < -0.39 is 6.04 Å². The molecule has 2 heterocycles. The summed E-state index contributed by atoms with van der Waals surface area (Å²) in [6.45, 7) is 1.91. The molecule has 152 valence electrons. The molecule has 4 N–H and O–H groups in total. The number of rotatable bonds is 5. The molecule has 2 aliphatic rings. The molecule has 0 saturated carbocycles. The number of likely N-dealkylation sites (tertiary alicyclic amines) is 1. The van der Waals surface area contributed by atoms with Gasteiger partial charge in [-0.1, -0.05) is 35.9 Å². The molecule has 0 aromatic heterocycles. The second-order valence-corrected chi connectivity index (χ2v) is 7.98. The molecule has 29 heavy (non-hydrogen) atoms. The molecule has 2 aliphatic heterocycles. The summed E-state index contributed by atoms with van der Waals surface area (Å²) in [6.07, 6.45) is 1.51. The number of halogens is 1. The van der Waals surface area contributed by atoms with Gasteiger partial charge in [0, 0.05) is 36.9 Å². The molecule has 0 aliphatic carbocycles. The topological polar surface area (TPSA) is 87.5 Å². The predicted octanol–water partition coefficient (Wildman–Crippen LogP) is 2.62. The largest absolute Gasteiger partial charge is 0.384 e. The quantitative estimate of drug-likeness (QED) is 0.704. The van der Waals surface area contributed by atoms with Crippen LogP contribution >= 0.6 is 11.6 Å². The van der Waals surface area contributed by atoms with Crippen molar-refractivity contribution >= 4 is 29.1 Å². The van der Waals surface area contributed by atoms with Crippen molar-refractivity contribution in [2.45, 2.75) is 37.9 Å². The third-order valence-electron chi connectivity index (χ3n) is 5.81. The Morgan fingerprint density at radius 3 is 2.86 bits per heavy atom. The van der Waals surface area contributed by atoms with Crippen molar-refractivity contribution in [2.24, 2.45) is 5.73 Å². The number of fused-ring (bicyclic) bond motifs is 1. The lowest BCUT2D eigenvalue weighted by atomic mass is 9.99. The number of hydrogen-bond donors (Lipinski definition) is 3. The monoisotopic (exact) mass is 412 g/mol. The third kappa shape index (κ3) is 3.95. The first-order chi connectivity index (χ1) is 14.1. The molecule has 2 aromatic carbocycles. The number of para-hydroxylation sites is 1. The maximum absolute atomic E-state index is 13.2. The van der Waals surface area contributed by atoms with Crippen LogP contribution in [0.2, 0.25) is 5.02 Å². The van der Waals surface area contributed by atoms with Gasteiger partial charge in [0.25, 0.3) is 0 Å². The standard InChI is InChI=1S/C22H25ClN4O2/c23-16-8-7-14(11-24)15(10-16)12-26-21(28)20-6-3-9-27(20)22(29)18-13-25-19-5-2-1-4-17(18)19/h1-2,4-5,7-8,10,18,20,25H,3,6,9,11-13,24H2,(H,26,28). The van der Waals surface area contributed by atoms with Gasteiger partial charge in [-0.25, -0.2) is 0 Å². The van der Waals surface area contributed by atoms with E-state index in [1.807, 2.05) is 36.4 Å². The summed E-state index contributed by atoms with van der Waals surface area (Å²) in [5, 5.41) is 6.87. The third-order valence-corrected chi connectivity index (χ3v) is 6.05. The maximum atomic E-state index is 13.2. The molecule has 0 spiro atoms. The molecule has 1 saturated heterocycles. The van der Waals surface area contributed by atoms with Crippen LogP contribution in [0.5, 0.6) is 0 Å². The van der Waals surface area contributed by atoms with E-state index in [0.29, 0.717) is 37.6 Å². The Labute approximate surface area is 175 Å². The number of nitrogens with zero attached hydrogens (tertiary/aromatic N) is 1. The zero-order valence-electron chi connectivity index (χ0n) is 16.2. The number of nitrogens with one attached hydrogen (secondary N) is 2. The summed E-state index contributed by atoms with van der Waals surface area (Å²) in [6, 6.07) is 12.9. The zero-order valence-corrected chi connectivity index (χ0v) is 16.9. The molecular formula is C22H25ClN4O2. The van der Waals surface area contributed by atoms with Gasteiger partial charge in [-0.3, -0.25) is 9.59 Å². The average molecular weight is 413 g/mol. The lowest BCUT2D eigenvalue weighted by molar-refractivity contribution is -0.139. The highest BCUT2D eigenvalue weighted by atomic mass is 35.5. The van der Waals surface area contributed by atoms with Gasteiger partial charge in [0.1, 0.15) is 6.04 Å². The number of hydrogen-bond acceptors (Lipinski definition) is 4. The van der Waals surface area contributed by atoms with Crippen LogP contribution in [0.15, 0.2) is 42.5 Å². The lowest BCUT2D eigenvalue weighted by Crippen LogP contribution is -2.47. The molecule has 6 nitrogen and oxygen atoms in total. The molecule has 1 fully saturated rings. The second-order valence-electron chi connectivity index (χ2n) is 7.55. The summed E-state index contributed by atoms with van der Waals surface area (Å²) in [7, 11) is 0. The first-order valence-corrected chi connectivity index (χ1v) is 10.3. The van der Waals surface area contributed by atoms with Crippen molar-refractivity contribution in [1.82, 2.24) is 10.2 Å². The predicted molar refractivity (Wildman–Crippen MR) is 114 cm³/mol. The Morgan fingerprint density at radius 2 is 2.03 bits per heavy atom. The summed E-state index contributed by atoms with van der Waals surface area (Å²) >= 11 is 6.08. The summed E-state index contributed by atoms with van der Waals surface area (Å²) in [5.74, 6) is -0.347. The van der Waals surface area contributed by atoms with E-state index in [2.05, 4.69) is 10.6 Å². The highest BCUT2D eigenvalue weighted by Gasteiger charge is 2.39. The molecular weight excluding hydrogens is 388 g/mol. The number of nitrogens with two attached hydrogens (primary N) is 1. The van der Waals surface area contributed by atoms with Crippen LogP contribution in [-0.2, 0) is 22.7 Å². The van der Waals surface area contributed by atoms with Crippen LogP contribution in [0.4, 0.5) is 5.69 Å². The first-order valence-electron chi connectivity index (χ1n) is 9.97. The van der Waals surface area contributed by atoms with Gasteiger partial charge in [-0.15, -0.1) is 0 Å². The van der Waals surface area contributed by atoms with Crippen LogP contribution in [0.25, 0.3) is 0 Å². The van der Waals surface area contributed by atoms with Crippen LogP contribution in [-0.4, -0.2) is 35.8 Å². The van der Waals surface area contributed by atoms with Gasteiger partial charge in [-0.2, -0.15) is 0 Å². The van der Waals surface area contributed by atoms with E-state index in [9.17, 15) is 9.59 Å². The lowest BCUT2D eigenvalue weighted by Gasteiger charge is -2.27. The van der Waals surface area contributed by atoms with Gasteiger partial charge < -0.3 is 21.3 Å². The molecule has 2 atom stereocenters. The van der Waals surface area contributed by atoms with E-state index >= 15 is 0 Å². The fourth-order valence-corrected chi connectivity index (χ4v) is 4.46. The van der Waals surface area contributed by atoms with Gasteiger partial charge in [-0.05, 0) is 47.7 Å². The van der Waals surface area contributed by atoms with Gasteiger partial charge >= 0.3 is 0 Å². The van der Waals surface area contributed by atoms with Gasteiger partial charge in [0.05, 0.1) is 5.92 Å². The number of carbonyl (C=O) groups is 2. The second kappa shape index (κ2) is 8.43. The average Bonchev–Trinajstić information content (AvgIpc) is 3.39. The van der Waals surface area contributed by atoms with E-state index in [1.54, 1.807) is 11.0 Å². The number of amides is 2. The Kier molecular flexibility index (Phi) is 5.74. The SMILES string of the molecule is NCc1ccc(Cl)cc1CNC(=O)C1CCCN1C(=O)C1CNc2ccccc21. The van der Waals surface area contributed by atoms with Crippen LogP contribution in [0.1, 0.15) is 35.4 Å². The molecule has 0 bridgehead atoms. The fraction of sp³-hybridized carbons (Fsp3) is 0.364. The Bertz CT molecular complexity index is 933. The summed E-state index contributed by atoms with van der Waals surface area (Å²) in [4.78, 5) is 27.9. The Balaban J connectivity index is 1.44. The van der Waals surface area contributed by atoms with E-state index in [0.717, 1.165) is 28.8 Å². The first kappa shape index (κ1) is 19.7. The van der Waals surface area contributed by atoms with Crippen molar-refractivity contribution in [3.05, 3.63) is 64.2 Å².